The summed E-state index contributed by atoms with van der Waals surface area (Å²) in [5.74, 6) is -3.12. The summed E-state index contributed by atoms with van der Waals surface area (Å²) >= 11 is 0. The second kappa shape index (κ2) is 8.95. The number of ether oxygens (including phenoxy) is 1. The third-order valence-electron chi connectivity index (χ3n) is 4.87. The Bertz CT molecular complexity index is 663. The van der Waals surface area contributed by atoms with Crippen LogP contribution in [-0.4, -0.2) is 70.7 Å². The van der Waals surface area contributed by atoms with Gasteiger partial charge >= 0.3 is 11.9 Å². The second-order valence-corrected chi connectivity index (χ2v) is 6.56. The Hall–Kier alpha value is -2.19. The van der Waals surface area contributed by atoms with Gasteiger partial charge in [0, 0.05) is 42.5 Å². The number of carboxylic acids is 2. The van der Waals surface area contributed by atoms with Gasteiger partial charge in [0.25, 0.3) is 0 Å². The van der Waals surface area contributed by atoms with Crippen LogP contribution in [0.4, 0.5) is 0 Å². The Morgan fingerprint density at radius 2 is 1.85 bits per heavy atom. The predicted molar refractivity (Wildman–Crippen MR) is 93.6 cm³/mol. The predicted octanol–water partition coefficient (Wildman–Crippen LogP) is 1.12. The molecule has 0 bridgehead atoms. The number of rotatable bonds is 3. The largest absolute Gasteiger partial charge is 0.473 e. The number of aromatic nitrogens is 1. The first kappa shape index (κ1) is 20.1. The number of H-pyrrole nitrogens is 1. The molecule has 2 heterocycles. The fourth-order valence-corrected chi connectivity index (χ4v) is 3.58. The molecule has 3 rings (SSSR count). The van der Waals surface area contributed by atoms with Crippen molar-refractivity contribution in [1.82, 2.24) is 9.88 Å². The molecule has 1 aliphatic heterocycles. The molecule has 1 aromatic heterocycles. The van der Waals surface area contributed by atoms with Gasteiger partial charge in [0.05, 0.1) is 13.2 Å². The fraction of sp³-hybridized carbons (Fsp3) is 0.611. The number of carbonyl (C=O) groups is 3. The zero-order valence-electron chi connectivity index (χ0n) is 15.2. The highest BCUT2D eigenvalue weighted by Gasteiger charge is 2.32. The summed E-state index contributed by atoms with van der Waals surface area (Å²) in [6.45, 7) is 8.64. The van der Waals surface area contributed by atoms with Gasteiger partial charge in [0.1, 0.15) is 0 Å². The molecule has 1 atom stereocenters. The van der Waals surface area contributed by atoms with Crippen LogP contribution in [0.15, 0.2) is 0 Å². The number of aryl methyl sites for hydroxylation is 2. The normalized spacial score (nSPS) is 20.1. The monoisotopic (exact) mass is 366 g/mol. The minimum Gasteiger partial charge on any atom is -0.473 e. The number of aliphatic carboxylic acids is 2. The quantitative estimate of drug-likeness (QED) is 0.686. The van der Waals surface area contributed by atoms with Crippen LogP contribution in [-0.2, 0) is 27.2 Å². The molecule has 2 aliphatic rings. The number of nitrogens with one attached hydrogen (secondary N) is 1. The number of carbonyl (C=O) groups excluding carboxylic acids is 1. The third-order valence-corrected chi connectivity index (χ3v) is 4.87. The lowest BCUT2D eigenvalue weighted by atomic mass is 9.83. The molecule has 26 heavy (non-hydrogen) atoms. The SMILES string of the molecule is CCc1c(C)[nH]c2c1C(=O)C(CN1CCOCC1)CC2.O=C(O)C(=O)O. The summed E-state index contributed by atoms with van der Waals surface area (Å²) < 4.78 is 5.38. The van der Waals surface area contributed by atoms with E-state index in [9.17, 15) is 4.79 Å². The Morgan fingerprint density at radius 3 is 2.38 bits per heavy atom. The lowest BCUT2D eigenvalue weighted by Crippen LogP contribution is -2.42. The van der Waals surface area contributed by atoms with E-state index in [-0.39, 0.29) is 5.92 Å². The van der Waals surface area contributed by atoms with Crippen molar-refractivity contribution < 1.29 is 29.3 Å². The van der Waals surface area contributed by atoms with Gasteiger partial charge in [-0.2, -0.15) is 0 Å². The zero-order valence-corrected chi connectivity index (χ0v) is 15.2. The van der Waals surface area contributed by atoms with E-state index >= 15 is 0 Å². The minimum absolute atomic E-state index is 0.168. The molecule has 1 aromatic rings. The summed E-state index contributed by atoms with van der Waals surface area (Å²) in [5, 5.41) is 14.8. The van der Waals surface area contributed by atoms with Gasteiger partial charge in [-0.05, 0) is 31.7 Å². The van der Waals surface area contributed by atoms with Gasteiger partial charge < -0.3 is 19.9 Å². The lowest BCUT2D eigenvalue weighted by molar-refractivity contribution is -0.159. The summed E-state index contributed by atoms with van der Waals surface area (Å²) in [6.07, 6.45) is 2.93. The number of hydrogen-bond donors (Lipinski definition) is 3. The molecule has 1 aliphatic carbocycles. The van der Waals surface area contributed by atoms with Crippen molar-refractivity contribution in [2.75, 3.05) is 32.8 Å². The van der Waals surface area contributed by atoms with E-state index in [1.54, 1.807) is 0 Å². The molecule has 0 radical (unpaired) electrons. The van der Waals surface area contributed by atoms with E-state index in [4.69, 9.17) is 24.5 Å². The Balaban J connectivity index is 0.000000352. The maximum Gasteiger partial charge on any atom is 0.414 e. The van der Waals surface area contributed by atoms with Crippen LogP contribution in [0.1, 0.15) is 40.7 Å². The highest BCUT2D eigenvalue weighted by molar-refractivity contribution is 6.27. The lowest BCUT2D eigenvalue weighted by Gasteiger charge is -2.31. The van der Waals surface area contributed by atoms with E-state index in [0.717, 1.165) is 57.7 Å². The van der Waals surface area contributed by atoms with Crippen molar-refractivity contribution >= 4 is 17.7 Å². The standard InChI is InChI=1S/C16H24N2O2.C2H2O4/c1-3-13-11(2)17-14-5-4-12(16(19)15(13)14)10-18-6-8-20-9-7-18;3-1(4)2(5)6/h12,17H,3-10H2,1-2H3;(H,3,4)(H,5,6). The number of ketones is 1. The first-order valence-corrected chi connectivity index (χ1v) is 8.86. The highest BCUT2D eigenvalue weighted by Crippen LogP contribution is 2.30. The molecular formula is C18H26N2O6. The molecule has 3 N–H and O–H groups in total. The summed E-state index contributed by atoms with van der Waals surface area (Å²) in [5.41, 5.74) is 4.59. The van der Waals surface area contributed by atoms with Crippen LogP contribution in [0.2, 0.25) is 0 Å². The van der Waals surface area contributed by atoms with Crippen molar-refractivity contribution in [3.8, 4) is 0 Å². The van der Waals surface area contributed by atoms with Crippen molar-refractivity contribution in [3.05, 3.63) is 22.5 Å². The molecule has 0 amide bonds. The van der Waals surface area contributed by atoms with Crippen LogP contribution >= 0.6 is 0 Å². The van der Waals surface area contributed by atoms with Crippen molar-refractivity contribution in [2.24, 2.45) is 5.92 Å². The number of hydrogen-bond acceptors (Lipinski definition) is 5. The Morgan fingerprint density at radius 1 is 1.23 bits per heavy atom. The van der Waals surface area contributed by atoms with Gasteiger partial charge in [-0.15, -0.1) is 0 Å². The molecule has 0 spiro atoms. The second-order valence-electron chi connectivity index (χ2n) is 6.56. The maximum absolute atomic E-state index is 12.8. The molecule has 8 heteroatoms. The van der Waals surface area contributed by atoms with Crippen LogP contribution < -0.4 is 0 Å². The third kappa shape index (κ3) is 4.70. The van der Waals surface area contributed by atoms with Crippen molar-refractivity contribution in [2.45, 2.75) is 33.1 Å². The molecule has 144 valence electrons. The molecule has 8 nitrogen and oxygen atoms in total. The number of nitrogens with zero attached hydrogens (tertiary/aromatic N) is 1. The molecule has 0 saturated carbocycles. The summed E-state index contributed by atoms with van der Waals surface area (Å²) in [4.78, 5) is 36.8. The highest BCUT2D eigenvalue weighted by atomic mass is 16.5. The van der Waals surface area contributed by atoms with Crippen LogP contribution in [0.3, 0.4) is 0 Å². The topological polar surface area (TPSA) is 120 Å². The fourth-order valence-electron chi connectivity index (χ4n) is 3.58. The van der Waals surface area contributed by atoms with Gasteiger partial charge in [0.2, 0.25) is 0 Å². The van der Waals surface area contributed by atoms with E-state index in [1.807, 2.05) is 0 Å². The van der Waals surface area contributed by atoms with Crippen molar-refractivity contribution in [3.63, 3.8) is 0 Å². The smallest absolute Gasteiger partial charge is 0.414 e. The molecule has 1 saturated heterocycles. The van der Waals surface area contributed by atoms with Gasteiger partial charge in [-0.25, -0.2) is 9.59 Å². The summed E-state index contributed by atoms with van der Waals surface area (Å²) in [7, 11) is 0. The number of carboxylic acid groups (broad SMARTS) is 2. The van der Waals surface area contributed by atoms with E-state index in [1.165, 1.54) is 17.0 Å². The number of Topliss-reactive ketones (excluding diaryl/α,β-unsaturated/α-hetero) is 1. The minimum atomic E-state index is -1.82. The first-order valence-electron chi connectivity index (χ1n) is 8.86. The van der Waals surface area contributed by atoms with Gasteiger partial charge in [-0.3, -0.25) is 9.69 Å². The molecule has 0 aromatic carbocycles. The van der Waals surface area contributed by atoms with Crippen LogP contribution in [0.5, 0.6) is 0 Å². The molecular weight excluding hydrogens is 340 g/mol. The van der Waals surface area contributed by atoms with E-state index in [0.29, 0.717) is 5.78 Å². The average molecular weight is 366 g/mol. The molecule has 1 unspecified atom stereocenters. The van der Waals surface area contributed by atoms with Crippen molar-refractivity contribution in [1.29, 1.82) is 0 Å². The van der Waals surface area contributed by atoms with E-state index in [2.05, 4.69) is 23.7 Å². The Labute approximate surface area is 152 Å². The van der Waals surface area contributed by atoms with Crippen LogP contribution in [0.25, 0.3) is 0 Å². The van der Waals surface area contributed by atoms with E-state index < -0.39 is 11.9 Å². The zero-order chi connectivity index (χ0) is 19.3. The first-order chi connectivity index (χ1) is 12.3. The average Bonchev–Trinajstić information content (AvgIpc) is 2.95. The van der Waals surface area contributed by atoms with Gasteiger partial charge in [0.15, 0.2) is 5.78 Å². The molecule has 1 fully saturated rings. The van der Waals surface area contributed by atoms with Crippen LogP contribution in [0, 0.1) is 12.8 Å². The maximum atomic E-state index is 12.8. The summed E-state index contributed by atoms with van der Waals surface area (Å²) in [6, 6.07) is 0. The van der Waals surface area contributed by atoms with Gasteiger partial charge in [-0.1, -0.05) is 6.92 Å². The number of fused-ring (bicyclic) bond motifs is 1. The number of aromatic amines is 1. The Kier molecular flexibility index (Phi) is 6.93. The number of morpholine rings is 1.